The lowest BCUT2D eigenvalue weighted by Gasteiger charge is -2.31. The first-order valence-electron chi connectivity index (χ1n) is 6.79. The van der Waals surface area contributed by atoms with Crippen molar-refractivity contribution in [2.45, 2.75) is 32.4 Å². The Balaban J connectivity index is 1.83. The van der Waals surface area contributed by atoms with Gasteiger partial charge in [-0.1, -0.05) is 6.07 Å². The molecule has 1 aromatic rings. The van der Waals surface area contributed by atoms with Gasteiger partial charge in [0.15, 0.2) is 0 Å². The summed E-state index contributed by atoms with van der Waals surface area (Å²) in [6.07, 6.45) is 2.74. The molecule has 0 aromatic carbocycles. The van der Waals surface area contributed by atoms with Gasteiger partial charge >= 0.3 is 0 Å². The third-order valence-electron chi connectivity index (χ3n) is 3.39. The summed E-state index contributed by atoms with van der Waals surface area (Å²) in [6.45, 7) is 6.05. The van der Waals surface area contributed by atoms with Gasteiger partial charge in [-0.15, -0.1) is 0 Å². The van der Waals surface area contributed by atoms with Crippen LogP contribution in [-0.4, -0.2) is 42.7 Å². The minimum Gasteiger partial charge on any atom is -0.378 e. The number of hydrogen-bond donors (Lipinski definition) is 1. The van der Waals surface area contributed by atoms with Crippen molar-refractivity contribution in [3.63, 3.8) is 0 Å². The van der Waals surface area contributed by atoms with Crippen LogP contribution >= 0.6 is 0 Å². The topological polar surface area (TPSA) is 37.4 Å². The zero-order valence-electron chi connectivity index (χ0n) is 11.4. The summed E-state index contributed by atoms with van der Waals surface area (Å²) in [6, 6.07) is 6.14. The van der Waals surface area contributed by atoms with E-state index in [9.17, 15) is 0 Å². The molecule has 0 bridgehead atoms. The van der Waals surface area contributed by atoms with Gasteiger partial charge in [-0.05, 0) is 31.9 Å². The second-order valence-electron chi connectivity index (χ2n) is 4.70. The predicted octanol–water partition coefficient (Wildman–Crippen LogP) is 2.12. The second-order valence-corrected chi connectivity index (χ2v) is 4.70. The Bertz CT molecular complexity index is 362. The summed E-state index contributed by atoms with van der Waals surface area (Å²) in [4.78, 5) is 7.01. The molecular formula is C14H23N3O. The molecule has 2 rings (SSSR count). The van der Waals surface area contributed by atoms with E-state index in [-0.39, 0.29) is 0 Å². The molecule has 0 unspecified atom stereocenters. The Morgan fingerprint density at radius 2 is 2.17 bits per heavy atom. The van der Waals surface area contributed by atoms with Crippen molar-refractivity contribution in [2.24, 2.45) is 0 Å². The molecule has 2 heterocycles. The molecular weight excluding hydrogens is 226 g/mol. The van der Waals surface area contributed by atoms with E-state index in [2.05, 4.69) is 34.3 Å². The van der Waals surface area contributed by atoms with Crippen LogP contribution < -0.4 is 5.32 Å². The van der Waals surface area contributed by atoms with Crippen LogP contribution in [0, 0.1) is 0 Å². The van der Waals surface area contributed by atoms with Gasteiger partial charge in [0, 0.05) is 33.3 Å². The highest BCUT2D eigenvalue weighted by Gasteiger charge is 2.19. The smallest absolute Gasteiger partial charge is 0.126 e. The van der Waals surface area contributed by atoms with Crippen LogP contribution in [0.1, 0.15) is 25.5 Å². The van der Waals surface area contributed by atoms with Crippen molar-refractivity contribution in [3.05, 3.63) is 23.9 Å². The summed E-state index contributed by atoms with van der Waals surface area (Å²) in [5.41, 5.74) is 1.14. The molecule has 0 saturated carbocycles. The minimum absolute atomic E-state index is 0.461. The Hall–Kier alpha value is -1.13. The third kappa shape index (κ3) is 3.68. The van der Waals surface area contributed by atoms with Crippen molar-refractivity contribution in [1.29, 1.82) is 0 Å². The largest absolute Gasteiger partial charge is 0.378 e. The zero-order chi connectivity index (χ0) is 12.8. The van der Waals surface area contributed by atoms with Gasteiger partial charge in [-0.25, -0.2) is 4.98 Å². The molecule has 1 aromatic heterocycles. The fourth-order valence-corrected chi connectivity index (χ4v) is 2.41. The molecule has 1 fully saturated rings. The molecule has 0 amide bonds. The van der Waals surface area contributed by atoms with Crippen molar-refractivity contribution in [1.82, 2.24) is 9.88 Å². The first-order valence-corrected chi connectivity index (χ1v) is 6.79. The summed E-state index contributed by atoms with van der Waals surface area (Å²) in [5.74, 6) is 0.941. The van der Waals surface area contributed by atoms with Gasteiger partial charge in [0.1, 0.15) is 5.82 Å². The van der Waals surface area contributed by atoms with Crippen molar-refractivity contribution < 1.29 is 4.74 Å². The van der Waals surface area contributed by atoms with Gasteiger partial charge in [0.2, 0.25) is 0 Å². The van der Waals surface area contributed by atoms with Crippen LogP contribution in [-0.2, 0) is 11.3 Å². The van der Waals surface area contributed by atoms with Crippen molar-refractivity contribution in [3.8, 4) is 0 Å². The van der Waals surface area contributed by atoms with Crippen LogP contribution in [0.4, 0.5) is 5.82 Å². The minimum atomic E-state index is 0.461. The van der Waals surface area contributed by atoms with Gasteiger partial charge in [-0.3, -0.25) is 4.90 Å². The lowest BCUT2D eigenvalue weighted by molar-refractivity contribution is 0.0123. The average molecular weight is 249 g/mol. The number of rotatable bonds is 5. The molecule has 0 atom stereocenters. The van der Waals surface area contributed by atoms with Gasteiger partial charge in [-0.2, -0.15) is 0 Å². The van der Waals surface area contributed by atoms with E-state index in [1.165, 1.54) is 0 Å². The van der Waals surface area contributed by atoms with Crippen LogP contribution in [0.25, 0.3) is 0 Å². The molecule has 1 aliphatic rings. The predicted molar refractivity (Wildman–Crippen MR) is 73.7 cm³/mol. The fraction of sp³-hybridized carbons (Fsp3) is 0.643. The normalized spacial score (nSPS) is 17.9. The van der Waals surface area contributed by atoms with E-state index in [0.717, 1.165) is 50.6 Å². The molecule has 100 valence electrons. The number of anilines is 1. The van der Waals surface area contributed by atoms with Gasteiger partial charge < -0.3 is 10.1 Å². The number of likely N-dealkylation sites (tertiary alicyclic amines) is 1. The fourth-order valence-electron chi connectivity index (χ4n) is 2.41. The Labute approximate surface area is 109 Å². The Kier molecular flexibility index (Phi) is 4.96. The highest BCUT2D eigenvalue weighted by Crippen LogP contribution is 2.16. The molecule has 1 aliphatic heterocycles. The summed E-state index contributed by atoms with van der Waals surface area (Å²) in [5, 5.41) is 3.08. The summed E-state index contributed by atoms with van der Waals surface area (Å²) >= 11 is 0. The monoisotopic (exact) mass is 249 g/mol. The number of nitrogens with zero attached hydrogens (tertiary/aromatic N) is 2. The molecule has 4 heteroatoms. The lowest BCUT2D eigenvalue weighted by Crippen LogP contribution is -2.36. The van der Waals surface area contributed by atoms with E-state index >= 15 is 0 Å². The maximum atomic E-state index is 5.67. The zero-order valence-corrected chi connectivity index (χ0v) is 11.4. The molecule has 0 radical (unpaired) electrons. The maximum absolute atomic E-state index is 5.67. The van der Waals surface area contributed by atoms with E-state index < -0.39 is 0 Å². The van der Waals surface area contributed by atoms with Gasteiger partial charge in [0.05, 0.1) is 11.8 Å². The SMILES string of the molecule is CCOC1CCN(Cc2cccc(NC)n2)CC1. The molecule has 0 aliphatic carbocycles. The number of pyridine rings is 1. The lowest BCUT2D eigenvalue weighted by atomic mass is 10.1. The maximum Gasteiger partial charge on any atom is 0.126 e. The van der Waals surface area contributed by atoms with Crippen LogP contribution in [0.3, 0.4) is 0 Å². The van der Waals surface area contributed by atoms with Crippen molar-refractivity contribution in [2.75, 3.05) is 32.1 Å². The molecule has 0 spiro atoms. The Morgan fingerprint density at radius 1 is 1.39 bits per heavy atom. The first kappa shape index (κ1) is 13.3. The van der Waals surface area contributed by atoms with E-state index in [1.807, 2.05) is 13.1 Å². The highest BCUT2D eigenvalue weighted by atomic mass is 16.5. The highest BCUT2D eigenvalue weighted by molar-refractivity contribution is 5.34. The van der Waals surface area contributed by atoms with E-state index in [1.54, 1.807) is 0 Å². The second kappa shape index (κ2) is 6.71. The average Bonchev–Trinajstić information content (AvgIpc) is 2.42. The third-order valence-corrected chi connectivity index (χ3v) is 3.39. The van der Waals surface area contributed by atoms with Crippen molar-refractivity contribution >= 4 is 5.82 Å². The molecule has 1 N–H and O–H groups in total. The van der Waals surface area contributed by atoms with Gasteiger partial charge in [0.25, 0.3) is 0 Å². The Morgan fingerprint density at radius 3 is 2.83 bits per heavy atom. The summed E-state index contributed by atoms with van der Waals surface area (Å²) in [7, 11) is 1.90. The van der Waals surface area contributed by atoms with Crippen LogP contribution in [0.2, 0.25) is 0 Å². The number of nitrogens with one attached hydrogen (secondary N) is 1. The van der Waals surface area contributed by atoms with E-state index in [4.69, 9.17) is 4.74 Å². The number of hydrogen-bond acceptors (Lipinski definition) is 4. The number of ether oxygens (including phenoxy) is 1. The standard InChI is InChI=1S/C14H23N3O/c1-3-18-13-7-9-17(10-8-13)11-12-5-4-6-14(15-2)16-12/h4-6,13H,3,7-11H2,1-2H3,(H,15,16). The quantitative estimate of drug-likeness (QED) is 0.867. The van der Waals surface area contributed by atoms with E-state index in [0.29, 0.717) is 6.10 Å². The molecule has 1 saturated heterocycles. The number of aromatic nitrogens is 1. The number of piperidine rings is 1. The van der Waals surface area contributed by atoms with Crippen LogP contribution in [0.15, 0.2) is 18.2 Å². The molecule has 4 nitrogen and oxygen atoms in total. The first-order chi connectivity index (χ1) is 8.81. The van der Waals surface area contributed by atoms with Crippen LogP contribution in [0.5, 0.6) is 0 Å². The summed E-state index contributed by atoms with van der Waals surface area (Å²) < 4.78 is 5.67. The molecule has 18 heavy (non-hydrogen) atoms.